The minimum absolute atomic E-state index is 0.0222. The van der Waals surface area contributed by atoms with Crippen molar-refractivity contribution in [3.05, 3.63) is 65.7 Å². The first-order chi connectivity index (χ1) is 13.0. The van der Waals surface area contributed by atoms with Gasteiger partial charge in [-0.3, -0.25) is 4.57 Å². The largest absolute Gasteiger partial charge is 0.494 e. The summed E-state index contributed by atoms with van der Waals surface area (Å²) in [6.07, 6.45) is 5.89. The molecular formula is C22H29O4P. The second-order valence-electron chi connectivity index (χ2n) is 7.56. The summed E-state index contributed by atoms with van der Waals surface area (Å²) in [5, 5.41) is 0. The average molecular weight is 388 g/mol. The number of hydrogen-bond acceptors (Lipinski definition) is 2. The summed E-state index contributed by atoms with van der Waals surface area (Å²) in [6.45, 7) is 0.718. The number of ether oxygens (including phenoxy) is 1. The minimum atomic E-state index is -3.86. The van der Waals surface area contributed by atoms with Crippen molar-refractivity contribution in [2.24, 2.45) is 5.92 Å². The average Bonchev–Trinajstić information content (AvgIpc) is 3.14. The third kappa shape index (κ3) is 6.80. The van der Waals surface area contributed by atoms with E-state index < -0.39 is 7.60 Å². The molecule has 2 aromatic carbocycles. The van der Waals surface area contributed by atoms with Crippen LogP contribution in [0.25, 0.3) is 0 Å². The van der Waals surface area contributed by atoms with Crippen molar-refractivity contribution in [3.8, 4) is 5.75 Å². The molecule has 0 heterocycles. The van der Waals surface area contributed by atoms with Gasteiger partial charge in [-0.25, -0.2) is 0 Å². The van der Waals surface area contributed by atoms with Crippen molar-refractivity contribution in [3.63, 3.8) is 0 Å². The molecule has 0 bridgehead atoms. The molecule has 0 radical (unpaired) electrons. The highest BCUT2D eigenvalue weighted by molar-refractivity contribution is 7.51. The highest BCUT2D eigenvalue weighted by atomic mass is 31.2. The second-order valence-corrected chi connectivity index (χ2v) is 9.34. The summed E-state index contributed by atoms with van der Waals surface area (Å²) < 4.78 is 16.8. The smallest absolute Gasteiger partial charge is 0.325 e. The van der Waals surface area contributed by atoms with Gasteiger partial charge in [-0.1, -0.05) is 42.5 Å². The molecular weight excluding hydrogens is 359 g/mol. The molecule has 5 heteroatoms. The Bertz CT molecular complexity index is 739. The topological polar surface area (TPSA) is 66.8 Å². The van der Waals surface area contributed by atoms with Gasteiger partial charge in [0.1, 0.15) is 5.75 Å². The lowest BCUT2D eigenvalue weighted by Crippen LogP contribution is -2.01. The molecule has 2 atom stereocenters. The lowest BCUT2D eigenvalue weighted by molar-refractivity contribution is 0.311. The standard InChI is InChI=1S/C22H29O4P/c23-27(24,25)16-14-19-10-13-21(17-19)20-11-8-18(9-12-20)5-4-15-26-22-6-2-1-3-7-22/h1-3,6-9,11-12,19,21H,4-5,10,13-17H2,(H2,23,24,25)/t19?,21-/m0/s1. The lowest BCUT2D eigenvalue weighted by atomic mass is 9.94. The van der Waals surface area contributed by atoms with Gasteiger partial charge >= 0.3 is 7.60 Å². The van der Waals surface area contributed by atoms with E-state index in [1.807, 2.05) is 30.3 Å². The number of para-hydroxylation sites is 1. The van der Waals surface area contributed by atoms with Gasteiger partial charge in [0, 0.05) is 0 Å². The second kappa shape index (κ2) is 9.54. The van der Waals surface area contributed by atoms with Gasteiger partial charge in [0.2, 0.25) is 0 Å². The van der Waals surface area contributed by atoms with E-state index in [-0.39, 0.29) is 6.16 Å². The molecule has 0 aliphatic heterocycles. The fraction of sp³-hybridized carbons (Fsp3) is 0.455. The molecule has 0 amide bonds. The van der Waals surface area contributed by atoms with Crippen molar-refractivity contribution in [1.29, 1.82) is 0 Å². The van der Waals surface area contributed by atoms with E-state index in [1.54, 1.807) is 0 Å². The Labute approximate surface area is 161 Å². The molecule has 27 heavy (non-hydrogen) atoms. The van der Waals surface area contributed by atoms with Crippen LogP contribution in [0.5, 0.6) is 5.75 Å². The van der Waals surface area contributed by atoms with Crippen LogP contribution >= 0.6 is 7.60 Å². The molecule has 4 nitrogen and oxygen atoms in total. The molecule has 1 aliphatic carbocycles. The number of hydrogen-bond donors (Lipinski definition) is 2. The summed E-state index contributed by atoms with van der Waals surface area (Å²) in [7, 11) is -3.86. The van der Waals surface area contributed by atoms with Crippen molar-refractivity contribution in [2.75, 3.05) is 12.8 Å². The highest BCUT2D eigenvalue weighted by Crippen LogP contribution is 2.43. The van der Waals surface area contributed by atoms with Gasteiger partial charge in [-0.2, -0.15) is 0 Å². The predicted molar refractivity (Wildman–Crippen MR) is 108 cm³/mol. The van der Waals surface area contributed by atoms with Gasteiger partial charge in [0.15, 0.2) is 0 Å². The monoisotopic (exact) mass is 388 g/mol. The Balaban J connectivity index is 1.40. The fourth-order valence-electron chi connectivity index (χ4n) is 3.93. The number of benzene rings is 2. The molecule has 1 saturated carbocycles. The molecule has 2 aromatic rings. The third-order valence-electron chi connectivity index (χ3n) is 5.44. The van der Waals surface area contributed by atoms with Crippen molar-refractivity contribution >= 4 is 7.60 Å². The molecule has 146 valence electrons. The van der Waals surface area contributed by atoms with Crippen LogP contribution in [0.4, 0.5) is 0 Å². The van der Waals surface area contributed by atoms with E-state index in [4.69, 9.17) is 14.5 Å². The molecule has 1 aliphatic rings. The lowest BCUT2D eigenvalue weighted by Gasteiger charge is -2.13. The molecule has 0 aromatic heterocycles. The van der Waals surface area contributed by atoms with Crippen LogP contribution in [0.15, 0.2) is 54.6 Å². The predicted octanol–water partition coefficient (Wildman–Crippen LogP) is 5.15. The van der Waals surface area contributed by atoms with Crippen LogP contribution in [-0.2, 0) is 11.0 Å². The van der Waals surface area contributed by atoms with Crippen molar-refractivity contribution < 1.29 is 19.1 Å². The molecule has 3 rings (SSSR count). The quantitative estimate of drug-likeness (QED) is 0.461. The van der Waals surface area contributed by atoms with Crippen LogP contribution in [0.2, 0.25) is 0 Å². The van der Waals surface area contributed by atoms with Crippen LogP contribution in [0.3, 0.4) is 0 Å². The van der Waals surface area contributed by atoms with Gasteiger partial charge in [-0.15, -0.1) is 0 Å². The Hall–Kier alpha value is -1.61. The van der Waals surface area contributed by atoms with Gasteiger partial charge in [-0.05, 0) is 73.6 Å². The highest BCUT2D eigenvalue weighted by Gasteiger charge is 2.27. The zero-order chi connectivity index (χ0) is 19.1. The molecule has 0 spiro atoms. The van der Waals surface area contributed by atoms with E-state index in [0.717, 1.165) is 44.5 Å². The zero-order valence-electron chi connectivity index (χ0n) is 15.7. The third-order valence-corrected chi connectivity index (χ3v) is 6.28. The Morgan fingerprint density at radius 2 is 1.74 bits per heavy atom. The summed E-state index contributed by atoms with van der Waals surface area (Å²) in [4.78, 5) is 18.1. The molecule has 1 unspecified atom stereocenters. The van der Waals surface area contributed by atoms with Gasteiger partial charge in [0.25, 0.3) is 0 Å². The SMILES string of the molecule is O=P(O)(O)CCC1CC[C@H](c2ccc(CCCOc3ccccc3)cc2)C1. The van der Waals surface area contributed by atoms with E-state index in [2.05, 4.69) is 24.3 Å². The molecule has 0 saturated heterocycles. The zero-order valence-corrected chi connectivity index (χ0v) is 16.6. The maximum atomic E-state index is 11.1. The fourth-order valence-corrected chi connectivity index (χ4v) is 4.63. The van der Waals surface area contributed by atoms with Gasteiger partial charge in [0.05, 0.1) is 12.8 Å². The van der Waals surface area contributed by atoms with Crippen LogP contribution < -0.4 is 4.74 Å². The van der Waals surface area contributed by atoms with E-state index in [9.17, 15) is 4.57 Å². The van der Waals surface area contributed by atoms with E-state index >= 15 is 0 Å². The Kier molecular flexibility index (Phi) is 7.12. The maximum absolute atomic E-state index is 11.1. The summed E-state index contributed by atoms with van der Waals surface area (Å²) in [6, 6.07) is 18.8. The summed E-state index contributed by atoms with van der Waals surface area (Å²) in [5.41, 5.74) is 2.68. The molecule has 2 N–H and O–H groups in total. The Morgan fingerprint density at radius 1 is 1.00 bits per heavy atom. The summed E-state index contributed by atoms with van der Waals surface area (Å²) >= 11 is 0. The minimum Gasteiger partial charge on any atom is -0.494 e. The first-order valence-corrected chi connectivity index (χ1v) is 11.6. The number of aryl methyl sites for hydroxylation is 1. The first-order valence-electron chi connectivity index (χ1n) is 9.81. The van der Waals surface area contributed by atoms with Crippen molar-refractivity contribution in [1.82, 2.24) is 0 Å². The van der Waals surface area contributed by atoms with Crippen LogP contribution in [0.1, 0.15) is 49.1 Å². The summed E-state index contributed by atoms with van der Waals surface area (Å²) in [5.74, 6) is 1.89. The van der Waals surface area contributed by atoms with E-state index in [1.165, 1.54) is 11.1 Å². The van der Waals surface area contributed by atoms with Crippen molar-refractivity contribution in [2.45, 2.75) is 44.4 Å². The Morgan fingerprint density at radius 3 is 2.44 bits per heavy atom. The van der Waals surface area contributed by atoms with Crippen LogP contribution in [-0.4, -0.2) is 22.6 Å². The van der Waals surface area contributed by atoms with Crippen LogP contribution in [0, 0.1) is 5.92 Å². The van der Waals surface area contributed by atoms with Gasteiger partial charge < -0.3 is 14.5 Å². The number of rotatable bonds is 9. The normalized spacial score (nSPS) is 19.9. The first kappa shape index (κ1) is 20.1. The molecule has 1 fully saturated rings. The van der Waals surface area contributed by atoms with E-state index in [0.29, 0.717) is 18.3 Å². The maximum Gasteiger partial charge on any atom is 0.325 e.